The maximum absolute atomic E-state index is 11.9. The lowest BCUT2D eigenvalue weighted by Crippen LogP contribution is -2.41. The van der Waals surface area contributed by atoms with Crippen molar-refractivity contribution in [2.24, 2.45) is 4.58 Å². The molecule has 0 fully saturated rings. The van der Waals surface area contributed by atoms with E-state index in [1.54, 1.807) is 18.2 Å². The van der Waals surface area contributed by atoms with E-state index in [9.17, 15) is 14.5 Å². The number of hydrogen-bond donors (Lipinski definition) is 3. The maximum atomic E-state index is 11.9. The number of aliphatic carboxylic acids is 1. The van der Waals surface area contributed by atoms with Crippen molar-refractivity contribution in [2.45, 2.75) is 12.5 Å². The minimum absolute atomic E-state index is 0.101. The van der Waals surface area contributed by atoms with Gasteiger partial charge in [0.25, 0.3) is 5.91 Å². The van der Waals surface area contributed by atoms with Crippen LogP contribution in [0.2, 0.25) is 0 Å². The Kier molecular flexibility index (Phi) is 5.80. The summed E-state index contributed by atoms with van der Waals surface area (Å²) >= 11 is 0.710. The van der Waals surface area contributed by atoms with Crippen LogP contribution in [0.5, 0.6) is 0 Å². The highest BCUT2D eigenvalue weighted by atomic mass is 32.2. The monoisotopic (exact) mass is 283 g/mol. The molecule has 7 nitrogen and oxygen atoms in total. The molecular formula is C11H13N3O4S. The summed E-state index contributed by atoms with van der Waals surface area (Å²) in [7, 11) is 0. The van der Waals surface area contributed by atoms with Crippen molar-refractivity contribution in [3.63, 3.8) is 0 Å². The van der Waals surface area contributed by atoms with E-state index in [0.717, 1.165) is 0 Å². The number of nitrogen functional groups attached to an aromatic ring is 1. The second kappa shape index (κ2) is 7.37. The van der Waals surface area contributed by atoms with E-state index in [4.69, 9.17) is 10.8 Å². The molecule has 1 aromatic rings. The summed E-state index contributed by atoms with van der Waals surface area (Å²) in [5.41, 5.74) is 6.12. The molecule has 0 heterocycles. The van der Waals surface area contributed by atoms with Gasteiger partial charge in [0, 0.05) is 28.0 Å². The number of para-hydroxylation sites is 1. The predicted molar refractivity (Wildman–Crippen MR) is 72.6 cm³/mol. The molecule has 0 spiro atoms. The first-order valence-electron chi connectivity index (χ1n) is 5.39. The number of carbonyl (C=O) groups excluding carboxylic acids is 1. The van der Waals surface area contributed by atoms with E-state index < -0.39 is 17.9 Å². The molecular weight excluding hydrogens is 270 g/mol. The largest absolute Gasteiger partial charge is 0.480 e. The third kappa shape index (κ3) is 4.59. The van der Waals surface area contributed by atoms with Gasteiger partial charge in [0.1, 0.15) is 6.04 Å². The smallest absolute Gasteiger partial charge is 0.326 e. The molecule has 0 bridgehead atoms. The van der Waals surface area contributed by atoms with E-state index in [0.29, 0.717) is 11.9 Å². The zero-order valence-corrected chi connectivity index (χ0v) is 10.7. The highest BCUT2D eigenvalue weighted by molar-refractivity contribution is 7.97. The van der Waals surface area contributed by atoms with Crippen molar-refractivity contribution < 1.29 is 14.7 Å². The predicted octanol–water partition coefficient (Wildman–Crippen LogP) is 1.26. The van der Waals surface area contributed by atoms with Crippen LogP contribution in [0.1, 0.15) is 16.8 Å². The summed E-state index contributed by atoms with van der Waals surface area (Å²) in [5.74, 6) is -1.52. The second-order valence-corrected chi connectivity index (χ2v) is 4.46. The molecule has 0 saturated carbocycles. The van der Waals surface area contributed by atoms with Gasteiger partial charge in [-0.15, -0.1) is 4.91 Å². The highest BCUT2D eigenvalue weighted by Crippen LogP contribution is 2.11. The lowest BCUT2D eigenvalue weighted by atomic mass is 10.1. The molecule has 0 saturated heterocycles. The summed E-state index contributed by atoms with van der Waals surface area (Å²) in [5, 5.41) is 11.3. The number of rotatable bonds is 7. The normalized spacial score (nSPS) is 11.6. The first-order valence-corrected chi connectivity index (χ1v) is 6.33. The Morgan fingerprint density at radius 3 is 2.68 bits per heavy atom. The summed E-state index contributed by atoms with van der Waals surface area (Å²) in [6.07, 6.45) is 0.101. The van der Waals surface area contributed by atoms with E-state index in [2.05, 4.69) is 9.90 Å². The highest BCUT2D eigenvalue weighted by Gasteiger charge is 2.21. The van der Waals surface area contributed by atoms with Crippen molar-refractivity contribution in [1.29, 1.82) is 0 Å². The third-order valence-corrected chi connectivity index (χ3v) is 2.88. The molecule has 0 unspecified atom stereocenters. The fraction of sp³-hybridized carbons (Fsp3) is 0.273. The minimum atomic E-state index is -1.17. The molecule has 1 amide bonds. The number of benzene rings is 1. The fourth-order valence-corrected chi connectivity index (χ4v) is 1.82. The van der Waals surface area contributed by atoms with Crippen LogP contribution in [-0.2, 0) is 4.79 Å². The van der Waals surface area contributed by atoms with E-state index >= 15 is 0 Å². The number of nitrogens with zero attached hydrogens (tertiary/aromatic N) is 1. The number of carbonyl (C=O) groups is 2. The molecule has 0 radical (unpaired) electrons. The van der Waals surface area contributed by atoms with Crippen LogP contribution >= 0.6 is 11.9 Å². The van der Waals surface area contributed by atoms with Crippen LogP contribution in [0, 0.1) is 4.91 Å². The first kappa shape index (κ1) is 15.0. The average molecular weight is 283 g/mol. The van der Waals surface area contributed by atoms with E-state index in [1.165, 1.54) is 6.07 Å². The van der Waals surface area contributed by atoms with Gasteiger partial charge in [0.15, 0.2) is 0 Å². The van der Waals surface area contributed by atoms with Gasteiger partial charge in [-0.3, -0.25) is 4.79 Å². The molecule has 4 N–H and O–H groups in total. The van der Waals surface area contributed by atoms with Crippen LogP contribution in [0.15, 0.2) is 28.8 Å². The molecule has 8 heteroatoms. The van der Waals surface area contributed by atoms with Crippen molar-refractivity contribution in [3.8, 4) is 0 Å². The third-order valence-electron chi connectivity index (χ3n) is 2.36. The van der Waals surface area contributed by atoms with Crippen LogP contribution in [0.4, 0.5) is 5.69 Å². The van der Waals surface area contributed by atoms with Crippen LogP contribution in [-0.4, -0.2) is 28.8 Å². The molecule has 1 rings (SSSR count). The van der Waals surface area contributed by atoms with Gasteiger partial charge in [-0.25, -0.2) is 4.79 Å². The Morgan fingerprint density at radius 2 is 2.11 bits per heavy atom. The molecule has 1 aromatic carbocycles. The summed E-state index contributed by atoms with van der Waals surface area (Å²) < 4.78 is 2.56. The van der Waals surface area contributed by atoms with Gasteiger partial charge in [-0.1, -0.05) is 12.1 Å². The number of carboxylic acids is 1. The molecule has 102 valence electrons. The summed E-state index contributed by atoms with van der Waals surface area (Å²) in [6, 6.07) is 5.28. The van der Waals surface area contributed by atoms with Gasteiger partial charge in [-0.05, 0) is 18.6 Å². The molecule has 1 atom stereocenters. The van der Waals surface area contributed by atoms with Gasteiger partial charge < -0.3 is 16.2 Å². The summed E-state index contributed by atoms with van der Waals surface area (Å²) in [6.45, 7) is 0. The number of anilines is 1. The van der Waals surface area contributed by atoms with Crippen molar-refractivity contribution in [3.05, 3.63) is 34.7 Å². The quantitative estimate of drug-likeness (QED) is 0.300. The molecule has 19 heavy (non-hydrogen) atoms. The Labute approximate surface area is 113 Å². The fourth-order valence-electron chi connectivity index (χ4n) is 1.40. The SMILES string of the molecule is Nc1ccccc1C(=O)N[C@@H](CCSN=O)C(=O)O. The number of nitroso groups, excluding NO2 is 1. The zero-order valence-electron chi connectivity index (χ0n) is 9.91. The number of hydrogen-bond acceptors (Lipinski definition) is 6. The Hall–Kier alpha value is -2.09. The number of nitrogens with one attached hydrogen (secondary N) is 1. The van der Waals surface area contributed by atoms with E-state index in [-0.39, 0.29) is 23.4 Å². The molecule has 0 aliphatic rings. The van der Waals surface area contributed by atoms with Gasteiger partial charge in [-0.2, -0.15) is 0 Å². The van der Waals surface area contributed by atoms with Gasteiger partial charge in [0.05, 0.1) is 5.56 Å². The zero-order chi connectivity index (χ0) is 14.3. The standard InChI is InChI=1S/C11H13N3O4S/c12-8-4-2-1-3-7(8)10(15)13-9(11(16)17)5-6-19-14-18/h1-4,9H,5-6,12H2,(H,13,15)(H,16,17)/t9-/m0/s1. The van der Waals surface area contributed by atoms with Crippen LogP contribution < -0.4 is 11.1 Å². The lowest BCUT2D eigenvalue weighted by Gasteiger charge is -2.14. The van der Waals surface area contributed by atoms with Crippen molar-refractivity contribution >= 4 is 29.5 Å². The van der Waals surface area contributed by atoms with Crippen LogP contribution in [0.3, 0.4) is 0 Å². The lowest BCUT2D eigenvalue weighted by molar-refractivity contribution is -0.139. The topological polar surface area (TPSA) is 122 Å². The number of nitrogens with two attached hydrogens (primary N) is 1. The number of amides is 1. The second-order valence-electron chi connectivity index (χ2n) is 3.65. The number of carboxylic acid groups (broad SMARTS) is 1. The van der Waals surface area contributed by atoms with Crippen LogP contribution in [0.25, 0.3) is 0 Å². The van der Waals surface area contributed by atoms with E-state index in [1.807, 2.05) is 0 Å². The van der Waals surface area contributed by atoms with Crippen molar-refractivity contribution in [2.75, 3.05) is 11.5 Å². The summed E-state index contributed by atoms with van der Waals surface area (Å²) in [4.78, 5) is 32.8. The van der Waals surface area contributed by atoms with Gasteiger partial charge >= 0.3 is 5.97 Å². The van der Waals surface area contributed by atoms with Gasteiger partial charge in [0.2, 0.25) is 0 Å². The Bertz CT molecular complexity index is 481. The average Bonchev–Trinajstić information content (AvgIpc) is 2.38. The Balaban J connectivity index is 2.69. The maximum Gasteiger partial charge on any atom is 0.326 e. The van der Waals surface area contributed by atoms with Crippen molar-refractivity contribution in [1.82, 2.24) is 5.32 Å². The molecule has 0 aromatic heterocycles. The minimum Gasteiger partial charge on any atom is -0.480 e. The first-order chi connectivity index (χ1) is 9.06. The Morgan fingerprint density at radius 1 is 1.42 bits per heavy atom. The molecule has 0 aliphatic carbocycles. The molecule has 0 aliphatic heterocycles.